The Morgan fingerprint density at radius 2 is 2.05 bits per heavy atom. The zero-order chi connectivity index (χ0) is 16.2. The van der Waals surface area contributed by atoms with Crippen LogP contribution in [0.4, 0.5) is 13.2 Å². The lowest BCUT2D eigenvalue weighted by Crippen LogP contribution is -2.47. The van der Waals surface area contributed by atoms with Gasteiger partial charge in [-0.3, -0.25) is 20.6 Å². The molecule has 0 fully saturated rings. The topological polar surface area (TPSA) is 66.0 Å². The minimum atomic E-state index is -4.54. The van der Waals surface area contributed by atoms with E-state index in [4.69, 9.17) is 23.8 Å². The number of carbonyl (C=O) groups is 1. The van der Waals surface area contributed by atoms with E-state index in [1.54, 1.807) is 7.05 Å². The van der Waals surface area contributed by atoms with Gasteiger partial charge in [-0.15, -0.1) is 0 Å². The Morgan fingerprint density at radius 3 is 2.52 bits per heavy atom. The summed E-state index contributed by atoms with van der Waals surface area (Å²) < 4.78 is 37.5. The van der Waals surface area contributed by atoms with Gasteiger partial charge in [0.05, 0.1) is 22.2 Å². The molecule has 5 nitrogen and oxygen atoms in total. The molecule has 1 amide bonds. The van der Waals surface area contributed by atoms with Crippen LogP contribution in [0.25, 0.3) is 0 Å². The highest BCUT2D eigenvalue weighted by Gasteiger charge is 2.32. The number of rotatable bonds is 2. The van der Waals surface area contributed by atoms with Crippen molar-refractivity contribution in [2.75, 3.05) is 7.05 Å². The molecule has 0 aromatic carbocycles. The van der Waals surface area contributed by atoms with Gasteiger partial charge in [0, 0.05) is 13.2 Å². The van der Waals surface area contributed by atoms with Gasteiger partial charge in [0.25, 0.3) is 0 Å². The van der Waals surface area contributed by atoms with Gasteiger partial charge in [-0.25, -0.2) is 0 Å². The van der Waals surface area contributed by atoms with E-state index < -0.39 is 23.6 Å². The average Bonchev–Trinajstić information content (AvgIpc) is 2.42. The second-order valence-corrected chi connectivity index (χ2v) is 4.82. The number of nitrogens with one attached hydrogen (secondary N) is 3. The Bertz CT molecular complexity index is 553. The van der Waals surface area contributed by atoms with Crippen molar-refractivity contribution in [2.45, 2.75) is 19.0 Å². The Hall–Kier alpha value is -1.61. The first kappa shape index (κ1) is 17.4. The van der Waals surface area contributed by atoms with Gasteiger partial charge in [0.15, 0.2) is 5.11 Å². The number of pyridine rings is 1. The van der Waals surface area contributed by atoms with Crippen molar-refractivity contribution < 1.29 is 18.0 Å². The molecule has 0 aliphatic heterocycles. The number of hydrogen-bond acceptors (Lipinski definition) is 3. The van der Waals surface area contributed by atoms with Gasteiger partial charge >= 0.3 is 6.18 Å². The first-order chi connectivity index (χ1) is 9.66. The summed E-state index contributed by atoms with van der Waals surface area (Å²) in [5.74, 6) is -1.39. The molecule has 1 aromatic heterocycles. The van der Waals surface area contributed by atoms with Gasteiger partial charge in [0.2, 0.25) is 5.91 Å². The van der Waals surface area contributed by atoms with Crippen LogP contribution in [-0.2, 0) is 11.0 Å². The standard InChI is InChI=1S/C11H12ClF3N4OS/c1-5(9(20)18-19-10(21)16-2)8-7(12)3-6(4-17-8)11(13,14)15/h3-5H,1-2H3,(H,18,20)(H2,16,19,21)/t5-/m1/s1. The molecule has 0 saturated carbocycles. The quantitative estimate of drug-likeness (QED) is 0.567. The number of amides is 1. The predicted molar refractivity (Wildman–Crippen MR) is 75.6 cm³/mol. The zero-order valence-electron chi connectivity index (χ0n) is 11.0. The normalized spacial score (nSPS) is 12.5. The molecule has 0 unspecified atom stereocenters. The molecule has 0 saturated heterocycles. The van der Waals surface area contributed by atoms with E-state index in [0.717, 1.165) is 6.07 Å². The molecule has 0 aliphatic rings. The first-order valence-electron chi connectivity index (χ1n) is 5.67. The number of aromatic nitrogens is 1. The van der Waals surface area contributed by atoms with Crippen molar-refractivity contribution in [1.82, 2.24) is 21.2 Å². The predicted octanol–water partition coefficient (Wildman–Crippen LogP) is 1.98. The third-order valence-electron chi connectivity index (χ3n) is 2.53. The number of thiocarbonyl (C=S) groups is 1. The summed E-state index contributed by atoms with van der Waals surface area (Å²) >= 11 is 10.5. The second kappa shape index (κ2) is 6.90. The van der Waals surface area contributed by atoms with Crippen molar-refractivity contribution in [3.05, 3.63) is 28.5 Å². The van der Waals surface area contributed by atoms with E-state index in [1.165, 1.54) is 6.92 Å². The third kappa shape index (κ3) is 4.71. The minimum absolute atomic E-state index is 0.0411. The summed E-state index contributed by atoms with van der Waals surface area (Å²) in [6, 6.07) is 0.735. The van der Waals surface area contributed by atoms with Crippen LogP contribution in [0.2, 0.25) is 5.02 Å². The fourth-order valence-electron chi connectivity index (χ4n) is 1.34. The van der Waals surface area contributed by atoms with E-state index in [2.05, 4.69) is 21.2 Å². The maximum Gasteiger partial charge on any atom is 0.417 e. The lowest BCUT2D eigenvalue weighted by molar-refractivity contribution is -0.137. The molecule has 0 aliphatic carbocycles. The van der Waals surface area contributed by atoms with Crippen LogP contribution in [0.15, 0.2) is 12.3 Å². The van der Waals surface area contributed by atoms with Crippen molar-refractivity contribution in [1.29, 1.82) is 0 Å². The highest BCUT2D eigenvalue weighted by atomic mass is 35.5. The number of hydrogen-bond donors (Lipinski definition) is 3. The van der Waals surface area contributed by atoms with Gasteiger partial charge < -0.3 is 5.32 Å². The molecular weight excluding hydrogens is 329 g/mol. The van der Waals surface area contributed by atoms with Crippen molar-refractivity contribution in [3.63, 3.8) is 0 Å². The fraction of sp³-hybridized carbons (Fsp3) is 0.364. The van der Waals surface area contributed by atoms with Gasteiger partial charge in [-0.1, -0.05) is 11.6 Å². The maximum absolute atomic E-state index is 12.5. The van der Waals surface area contributed by atoms with Crippen LogP contribution in [0.3, 0.4) is 0 Å². The number of carbonyl (C=O) groups excluding carboxylic acids is 1. The summed E-state index contributed by atoms with van der Waals surface area (Å²) in [6.07, 6.45) is -3.90. The molecule has 1 aromatic rings. The van der Waals surface area contributed by atoms with Gasteiger partial charge in [-0.2, -0.15) is 13.2 Å². The first-order valence-corrected chi connectivity index (χ1v) is 6.45. The van der Waals surface area contributed by atoms with Gasteiger partial charge in [-0.05, 0) is 25.2 Å². The smallest absolute Gasteiger partial charge is 0.364 e. The molecule has 1 heterocycles. The van der Waals surface area contributed by atoms with E-state index in [-0.39, 0.29) is 15.8 Å². The molecule has 1 rings (SSSR count). The molecule has 1 atom stereocenters. The zero-order valence-corrected chi connectivity index (χ0v) is 12.6. The van der Waals surface area contributed by atoms with Crippen molar-refractivity contribution in [2.24, 2.45) is 0 Å². The number of hydrazine groups is 1. The average molecular weight is 341 g/mol. The van der Waals surface area contributed by atoms with Crippen LogP contribution < -0.4 is 16.2 Å². The maximum atomic E-state index is 12.5. The van der Waals surface area contributed by atoms with Crippen LogP contribution in [0.1, 0.15) is 24.1 Å². The Kier molecular flexibility index (Phi) is 5.73. The molecule has 3 N–H and O–H groups in total. The highest BCUT2D eigenvalue weighted by molar-refractivity contribution is 7.80. The molecule has 116 valence electrons. The molecular formula is C11H12ClF3N4OS. The third-order valence-corrected chi connectivity index (χ3v) is 3.14. The monoisotopic (exact) mass is 340 g/mol. The minimum Gasteiger partial charge on any atom is -0.364 e. The molecule has 21 heavy (non-hydrogen) atoms. The summed E-state index contributed by atoms with van der Waals surface area (Å²) in [6.45, 7) is 1.46. The van der Waals surface area contributed by atoms with Crippen molar-refractivity contribution >= 4 is 34.8 Å². The summed E-state index contributed by atoms with van der Waals surface area (Å²) in [4.78, 5) is 15.4. The molecule has 10 heteroatoms. The second-order valence-electron chi connectivity index (χ2n) is 4.00. The number of alkyl halides is 3. The summed E-state index contributed by atoms with van der Waals surface area (Å²) in [5, 5.41) is 2.52. The van der Waals surface area contributed by atoms with Crippen LogP contribution in [-0.4, -0.2) is 23.1 Å². The molecule has 0 spiro atoms. The van der Waals surface area contributed by atoms with Crippen molar-refractivity contribution in [3.8, 4) is 0 Å². The largest absolute Gasteiger partial charge is 0.417 e. The lowest BCUT2D eigenvalue weighted by atomic mass is 10.1. The van der Waals surface area contributed by atoms with E-state index in [9.17, 15) is 18.0 Å². The molecule has 0 bridgehead atoms. The number of halogens is 4. The highest BCUT2D eigenvalue weighted by Crippen LogP contribution is 2.32. The van der Waals surface area contributed by atoms with Gasteiger partial charge in [0.1, 0.15) is 0 Å². The lowest BCUT2D eigenvalue weighted by Gasteiger charge is -2.15. The Morgan fingerprint density at radius 1 is 1.43 bits per heavy atom. The Balaban J connectivity index is 2.85. The van der Waals surface area contributed by atoms with Crippen LogP contribution in [0.5, 0.6) is 0 Å². The van der Waals surface area contributed by atoms with E-state index >= 15 is 0 Å². The fourth-order valence-corrected chi connectivity index (χ4v) is 1.72. The Labute approximate surface area is 129 Å². The molecule has 0 radical (unpaired) electrons. The summed E-state index contributed by atoms with van der Waals surface area (Å²) in [7, 11) is 1.55. The van der Waals surface area contributed by atoms with E-state index in [0.29, 0.717) is 6.20 Å². The van der Waals surface area contributed by atoms with E-state index in [1.807, 2.05) is 0 Å². The van der Waals surface area contributed by atoms with Crippen LogP contribution >= 0.6 is 23.8 Å². The summed E-state index contributed by atoms with van der Waals surface area (Å²) in [5.41, 5.74) is 3.77. The SMILES string of the molecule is CNC(=S)NNC(=O)[C@H](C)c1ncc(C(F)(F)F)cc1Cl. The number of nitrogens with zero attached hydrogens (tertiary/aromatic N) is 1. The van der Waals surface area contributed by atoms with Crippen LogP contribution in [0, 0.1) is 0 Å².